The van der Waals surface area contributed by atoms with Crippen molar-refractivity contribution >= 4 is 33.2 Å². The standard InChI is InChI=1S/C25H31N3O4S/c1-17-7-9-21(14-18(17)2)26-24(29)16-27-23-11-10-22(15-20(23)8-12-25(27)30)33(31,32)28-13-5-4-6-19(28)3/h7,9-11,14-15,19H,4-6,8,12-13,16H2,1-3H3,(H,26,29). The summed E-state index contributed by atoms with van der Waals surface area (Å²) in [5.41, 5.74) is 4.28. The maximum absolute atomic E-state index is 13.2. The molecular formula is C25H31N3O4S. The van der Waals surface area contributed by atoms with E-state index in [0.29, 0.717) is 24.3 Å². The molecule has 2 heterocycles. The van der Waals surface area contributed by atoms with Crippen molar-refractivity contribution in [2.24, 2.45) is 0 Å². The van der Waals surface area contributed by atoms with Gasteiger partial charge in [0, 0.05) is 30.4 Å². The monoisotopic (exact) mass is 469 g/mol. The largest absolute Gasteiger partial charge is 0.325 e. The summed E-state index contributed by atoms with van der Waals surface area (Å²) < 4.78 is 28.1. The third kappa shape index (κ3) is 4.82. The van der Waals surface area contributed by atoms with E-state index >= 15 is 0 Å². The van der Waals surface area contributed by atoms with E-state index in [-0.39, 0.29) is 35.7 Å². The van der Waals surface area contributed by atoms with Gasteiger partial charge in [-0.3, -0.25) is 9.59 Å². The molecule has 0 aromatic heterocycles. The average molecular weight is 470 g/mol. The van der Waals surface area contributed by atoms with E-state index < -0.39 is 10.0 Å². The number of carbonyl (C=O) groups is 2. The highest BCUT2D eigenvalue weighted by Crippen LogP contribution is 2.32. The van der Waals surface area contributed by atoms with Gasteiger partial charge in [0.1, 0.15) is 6.54 Å². The van der Waals surface area contributed by atoms with Crippen LogP contribution in [-0.4, -0.2) is 43.7 Å². The summed E-state index contributed by atoms with van der Waals surface area (Å²) in [6.07, 6.45) is 3.48. The Morgan fingerprint density at radius 1 is 1.06 bits per heavy atom. The number of benzene rings is 2. The van der Waals surface area contributed by atoms with Crippen LogP contribution < -0.4 is 10.2 Å². The van der Waals surface area contributed by atoms with E-state index in [1.165, 1.54) is 4.90 Å². The van der Waals surface area contributed by atoms with Gasteiger partial charge in [0.15, 0.2) is 0 Å². The summed E-state index contributed by atoms with van der Waals surface area (Å²) in [5.74, 6) is -0.434. The molecule has 2 aliphatic rings. The van der Waals surface area contributed by atoms with Gasteiger partial charge in [0.2, 0.25) is 21.8 Å². The third-order valence-corrected chi connectivity index (χ3v) is 8.70. The Morgan fingerprint density at radius 2 is 1.85 bits per heavy atom. The van der Waals surface area contributed by atoms with Gasteiger partial charge in [0.25, 0.3) is 0 Å². The van der Waals surface area contributed by atoms with Gasteiger partial charge in [-0.2, -0.15) is 4.31 Å². The molecule has 2 aliphatic heterocycles. The van der Waals surface area contributed by atoms with Crippen LogP contribution >= 0.6 is 0 Å². The molecule has 0 radical (unpaired) electrons. The van der Waals surface area contributed by atoms with Crippen molar-refractivity contribution in [3.8, 4) is 0 Å². The minimum Gasteiger partial charge on any atom is -0.325 e. The number of sulfonamides is 1. The highest BCUT2D eigenvalue weighted by molar-refractivity contribution is 7.89. The molecule has 0 aliphatic carbocycles. The van der Waals surface area contributed by atoms with Gasteiger partial charge in [-0.15, -0.1) is 0 Å². The predicted octanol–water partition coefficient (Wildman–Crippen LogP) is 3.78. The van der Waals surface area contributed by atoms with Crippen LogP contribution in [0, 0.1) is 13.8 Å². The number of piperidine rings is 1. The SMILES string of the molecule is Cc1ccc(NC(=O)CN2C(=O)CCc3cc(S(=O)(=O)N4CCCCC4C)ccc32)cc1C. The molecule has 0 saturated carbocycles. The number of nitrogens with one attached hydrogen (secondary N) is 1. The lowest BCUT2D eigenvalue weighted by molar-refractivity contribution is -0.121. The Bertz CT molecular complexity index is 1190. The van der Waals surface area contributed by atoms with Crippen LogP contribution in [0.2, 0.25) is 0 Å². The molecule has 2 aromatic carbocycles. The molecule has 176 valence electrons. The maximum Gasteiger partial charge on any atom is 0.244 e. The molecule has 1 fully saturated rings. The third-order valence-electron chi connectivity index (χ3n) is 6.69. The summed E-state index contributed by atoms with van der Waals surface area (Å²) >= 11 is 0. The molecule has 0 spiro atoms. The zero-order valence-electron chi connectivity index (χ0n) is 19.4. The van der Waals surface area contributed by atoms with Crippen LogP contribution in [0.15, 0.2) is 41.3 Å². The van der Waals surface area contributed by atoms with Crippen molar-refractivity contribution in [1.29, 1.82) is 0 Å². The van der Waals surface area contributed by atoms with Gasteiger partial charge in [-0.25, -0.2) is 8.42 Å². The van der Waals surface area contributed by atoms with Crippen molar-refractivity contribution in [2.45, 2.75) is 63.8 Å². The number of aryl methyl sites for hydroxylation is 3. The van der Waals surface area contributed by atoms with Gasteiger partial charge >= 0.3 is 0 Å². The molecule has 33 heavy (non-hydrogen) atoms. The number of fused-ring (bicyclic) bond motifs is 1. The molecule has 1 N–H and O–H groups in total. The van der Waals surface area contributed by atoms with Crippen molar-refractivity contribution in [1.82, 2.24) is 4.31 Å². The zero-order chi connectivity index (χ0) is 23.8. The first-order valence-electron chi connectivity index (χ1n) is 11.5. The zero-order valence-corrected chi connectivity index (χ0v) is 20.2. The van der Waals surface area contributed by atoms with Crippen LogP contribution in [0.4, 0.5) is 11.4 Å². The van der Waals surface area contributed by atoms with E-state index in [1.807, 2.05) is 39.0 Å². The molecule has 4 rings (SSSR count). The smallest absolute Gasteiger partial charge is 0.244 e. The number of nitrogens with zero attached hydrogens (tertiary/aromatic N) is 2. The second-order valence-corrected chi connectivity index (χ2v) is 11.0. The quantitative estimate of drug-likeness (QED) is 0.722. The van der Waals surface area contributed by atoms with Gasteiger partial charge in [0.05, 0.1) is 4.90 Å². The minimum atomic E-state index is -3.60. The summed E-state index contributed by atoms with van der Waals surface area (Å²) in [4.78, 5) is 27.0. The number of hydrogen-bond acceptors (Lipinski definition) is 4. The van der Waals surface area contributed by atoms with Crippen molar-refractivity contribution in [3.63, 3.8) is 0 Å². The first-order chi connectivity index (χ1) is 15.7. The van der Waals surface area contributed by atoms with Crippen LogP contribution in [0.1, 0.15) is 49.3 Å². The summed E-state index contributed by atoms with van der Waals surface area (Å²) in [6.45, 7) is 6.35. The second kappa shape index (κ2) is 9.27. The lowest BCUT2D eigenvalue weighted by Gasteiger charge is -2.33. The molecule has 8 heteroatoms. The number of anilines is 2. The maximum atomic E-state index is 13.2. The Balaban J connectivity index is 1.55. The Morgan fingerprint density at radius 3 is 2.58 bits per heavy atom. The molecule has 2 aromatic rings. The molecule has 1 unspecified atom stereocenters. The number of amides is 2. The van der Waals surface area contributed by atoms with Gasteiger partial charge < -0.3 is 10.2 Å². The van der Waals surface area contributed by atoms with Crippen molar-refractivity contribution in [2.75, 3.05) is 23.3 Å². The molecule has 0 bridgehead atoms. The highest BCUT2D eigenvalue weighted by atomic mass is 32.2. The van der Waals surface area contributed by atoms with Crippen LogP contribution in [-0.2, 0) is 26.0 Å². The van der Waals surface area contributed by atoms with Crippen LogP contribution in [0.25, 0.3) is 0 Å². The fourth-order valence-corrected chi connectivity index (χ4v) is 6.35. The Kier molecular flexibility index (Phi) is 6.59. The topological polar surface area (TPSA) is 86.8 Å². The normalized spacial score (nSPS) is 19.3. The van der Waals surface area contributed by atoms with E-state index in [1.54, 1.807) is 22.5 Å². The molecule has 2 amide bonds. The Hall–Kier alpha value is -2.71. The first kappa shape index (κ1) is 23.4. The average Bonchev–Trinajstić information content (AvgIpc) is 2.78. The van der Waals surface area contributed by atoms with Gasteiger partial charge in [-0.1, -0.05) is 12.5 Å². The highest BCUT2D eigenvalue weighted by Gasteiger charge is 2.33. The molecular weight excluding hydrogens is 438 g/mol. The van der Waals surface area contributed by atoms with Crippen molar-refractivity contribution < 1.29 is 18.0 Å². The number of hydrogen-bond donors (Lipinski definition) is 1. The first-order valence-corrected chi connectivity index (χ1v) is 12.9. The molecule has 1 atom stereocenters. The predicted molar refractivity (Wildman–Crippen MR) is 129 cm³/mol. The van der Waals surface area contributed by atoms with E-state index in [0.717, 1.165) is 36.0 Å². The minimum absolute atomic E-state index is 0.0213. The second-order valence-electron chi connectivity index (χ2n) is 9.08. The number of carbonyl (C=O) groups excluding carboxylic acids is 2. The summed E-state index contributed by atoms with van der Waals surface area (Å²) in [6, 6.07) is 10.6. The summed E-state index contributed by atoms with van der Waals surface area (Å²) in [5, 5.41) is 2.86. The molecule has 1 saturated heterocycles. The van der Waals surface area contributed by atoms with Gasteiger partial charge in [-0.05, 0) is 87.1 Å². The van der Waals surface area contributed by atoms with Crippen molar-refractivity contribution in [3.05, 3.63) is 53.1 Å². The van der Waals surface area contributed by atoms with Crippen LogP contribution in [0.5, 0.6) is 0 Å². The van der Waals surface area contributed by atoms with Crippen LogP contribution in [0.3, 0.4) is 0 Å². The Labute approximate surface area is 195 Å². The lowest BCUT2D eigenvalue weighted by atomic mass is 10.0. The fraction of sp³-hybridized carbons (Fsp3) is 0.440. The fourth-order valence-electron chi connectivity index (χ4n) is 4.60. The van der Waals surface area contributed by atoms with E-state index in [4.69, 9.17) is 0 Å². The number of rotatable bonds is 5. The lowest BCUT2D eigenvalue weighted by Crippen LogP contribution is -2.42. The molecule has 7 nitrogen and oxygen atoms in total. The summed E-state index contributed by atoms with van der Waals surface area (Å²) in [7, 11) is -3.60. The van der Waals surface area contributed by atoms with E-state index in [2.05, 4.69) is 5.32 Å². The van der Waals surface area contributed by atoms with E-state index in [9.17, 15) is 18.0 Å².